The number of nitrogens with one attached hydrogen (secondary N) is 1. The predicted molar refractivity (Wildman–Crippen MR) is 96.9 cm³/mol. The lowest BCUT2D eigenvalue weighted by Crippen LogP contribution is -2.36. The predicted octanol–water partition coefficient (Wildman–Crippen LogP) is 4.31. The lowest BCUT2D eigenvalue weighted by molar-refractivity contribution is -0.115. The molecule has 1 aliphatic rings. The normalized spacial score (nSPS) is 13.6. The number of aryl methyl sites for hydroxylation is 1. The van der Waals surface area contributed by atoms with Gasteiger partial charge in [-0.3, -0.25) is 4.79 Å². The van der Waals surface area contributed by atoms with Crippen molar-refractivity contribution in [3.8, 4) is 0 Å². The number of carbonyl (C=O) groups is 1. The van der Waals surface area contributed by atoms with Crippen molar-refractivity contribution in [2.24, 2.45) is 0 Å². The van der Waals surface area contributed by atoms with Crippen LogP contribution in [0.3, 0.4) is 0 Å². The SMILES string of the molecule is Cc1cc(NC(=O)CN2CCSc3ccccc32)ccc1Br. The summed E-state index contributed by atoms with van der Waals surface area (Å²) in [5.74, 6) is 1.03. The zero-order chi connectivity index (χ0) is 15.5. The fourth-order valence-corrected chi connectivity index (χ4v) is 3.79. The van der Waals surface area contributed by atoms with Gasteiger partial charge in [-0.05, 0) is 42.8 Å². The van der Waals surface area contributed by atoms with Gasteiger partial charge >= 0.3 is 0 Å². The molecule has 1 N–H and O–H groups in total. The fraction of sp³-hybridized carbons (Fsp3) is 0.235. The number of rotatable bonds is 3. The quantitative estimate of drug-likeness (QED) is 0.865. The Morgan fingerprint density at radius 2 is 2.14 bits per heavy atom. The molecule has 1 aliphatic heterocycles. The highest BCUT2D eigenvalue weighted by Gasteiger charge is 2.19. The second-order valence-corrected chi connectivity index (χ2v) is 7.24. The first-order valence-corrected chi connectivity index (χ1v) is 8.94. The maximum absolute atomic E-state index is 12.3. The van der Waals surface area contributed by atoms with Crippen LogP contribution in [0, 0.1) is 6.92 Å². The molecular weight excluding hydrogens is 360 g/mol. The number of hydrogen-bond acceptors (Lipinski definition) is 3. The molecule has 0 aliphatic carbocycles. The van der Waals surface area contributed by atoms with Crippen LogP contribution in [-0.4, -0.2) is 24.7 Å². The van der Waals surface area contributed by atoms with Crippen molar-refractivity contribution in [3.05, 3.63) is 52.5 Å². The lowest BCUT2D eigenvalue weighted by Gasteiger charge is -2.30. The van der Waals surface area contributed by atoms with Crippen LogP contribution in [0.1, 0.15) is 5.56 Å². The van der Waals surface area contributed by atoms with E-state index in [1.165, 1.54) is 4.90 Å². The molecule has 3 rings (SSSR count). The molecule has 0 fully saturated rings. The summed E-state index contributed by atoms with van der Waals surface area (Å²) in [7, 11) is 0. The molecule has 0 spiro atoms. The van der Waals surface area contributed by atoms with Gasteiger partial charge in [0.15, 0.2) is 0 Å². The van der Waals surface area contributed by atoms with Crippen LogP contribution in [0.5, 0.6) is 0 Å². The summed E-state index contributed by atoms with van der Waals surface area (Å²) < 4.78 is 1.05. The maximum Gasteiger partial charge on any atom is 0.243 e. The number of fused-ring (bicyclic) bond motifs is 1. The molecule has 2 aromatic rings. The number of benzene rings is 2. The third-order valence-electron chi connectivity index (χ3n) is 3.60. The summed E-state index contributed by atoms with van der Waals surface area (Å²) in [6.45, 7) is 3.29. The van der Waals surface area contributed by atoms with Crippen molar-refractivity contribution in [1.82, 2.24) is 0 Å². The van der Waals surface area contributed by atoms with Crippen LogP contribution in [0.15, 0.2) is 51.8 Å². The molecule has 2 aromatic carbocycles. The standard InChI is InChI=1S/C17H17BrN2OS/c1-12-10-13(6-7-14(12)18)19-17(21)11-20-8-9-22-16-5-3-2-4-15(16)20/h2-7,10H,8-9,11H2,1H3,(H,19,21). The highest BCUT2D eigenvalue weighted by Crippen LogP contribution is 2.34. The molecule has 0 radical (unpaired) electrons. The summed E-state index contributed by atoms with van der Waals surface area (Å²) >= 11 is 5.32. The Morgan fingerprint density at radius 1 is 1.32 bits per heavy atom. The average molecular weight is 377 g/mol. The molecular formula is C17H17BrN2OS. The van der Waals surface area contributed by atoms with Crippen LogP contribution < -0.4 is 10.2 Å². The van der Waals surface area contributed by atoms with Crippen molar-refractivity contribution >= 4 is 45.0 Å². The van der Waals surface area contributed by atoms with Crippen LogP contribution in [0.4, 0.5) is 11.4 Å². The highest BCUT2D eigenvalue weighted by atomic mass is 79.9. The van der Waals surface area contributed by atoms with Gasteiger partial charge in [0.05, 0.1) is 12.2 Å². The number of hydrogen-bond donors (Lipinski definition) is 1. The van der Waals surface area contributed by atoms with E-state index in [2.05, 4.69) is 38.3 Å². The van der Waals surface area contributed by atoms with Gasteiger partial charge < -0.3 is 10.2 Å². The Hall–Kier alpha value is -1.46. The number of nitrogens with zero attached hydrogens (tertiary/aromatic N) is 1. The van der Waals surface area contributed by atoms with E-state index < -0.39 is 0 Å². The molecule has 0 bridgehead atoms. The second-order valence-electron chi connectivity index (χ2n) is 5.25. The van der Waals surface area contributed by atoms with Crippen molar-refractivity contribution < 1.29 is 4.79 Å². The van der Waals surface area contributed by atoms with Crippen LogP contribution in [0.25, 0.3) is 0 Å². The Morgan fingerprint density at radius 3 is 2.95 bits per heavy atom. The van der Waals surface area contributed by atoms with Gasteiger partial charge in [-0.2, -0.15) is 0 Å². The van der Waals surface area contributed by atoms with Gasteiger partial charge in [-0.15, -0.1) is 11.8 Å². The van der Waals surface area contributed by atoms with Gasteiger partial charge in [0.25, 0.3) is 0 Å². The van der Waals surface area contributed by atoms with Crippen molar-refractivity contribution in [2.75, 3.05) is 29.1 Å². The van der Waals surface area contributed by atoms with Crippen LogP contribution >= 0.6 is 27.7 Å². The molecule has 0 unspecified atom stereocenters. The number of amides is 1. The average Bonchev–Trinajstić information content (AvgIpc) is 2.51. The molecule has 0 atom stereocenters. The van der Waals surface area contributed by atoms with Gasteiger partial charge in [0.1, 0.15) is 0 Å². The minimum atomic E-state index is 0.0171. The third-order valence-corrected chi connectivity index (χ3v) is 5.53. The number of halogens is 1. The number of thioether (sulfide) groups is 1. The molecule has 1 heterocycles. The largest absolute Gasteiger partial charge is 0.360 e. The van der Waals surface area contributed by atoms with E-state index in [1.54, 1.807) is 0 Å². The van der Waals surface area contributed by atoms with Gasteiger partial charge in [-0.25, -0.2) is 0 Å². The van der Waals surface area contributed by atoms with Gasteiger partial charge in [-0.1, -0.05) is 28.1 Å². The molecule has 0 saturated heterocycles. The van der Waals surface area contributed by atoms with E-state index in [9.17, 15) is 4.79 Å². The van der Waals surface area contributed by atoms with Crippen molar-refractivity contribution in [3.63, 3.8) is 0 Å². The summed E-state index contributed by atoms with van der Waals surface area (Å²) in [6.07, 6.45) is 0. The number of anilines is 2. The molecule has 114 valence electrons. The molecule has 1 amide bonds. The number of carbonyl (C=O) groups excluding carboxylic acids is 1. The van der Waals surface area contributed by atoms with E-state index in [1.807, 2.05) is 49.0 Å². The zero-order valence-electron chi connectivity index (χ0n) is 12.3. The fourth-order valence-electron chi connectivity index (χ4n) is 2.49. The summed E-state index contributed by atoms with van der Waals surface area (Å²) in [6, 6.07) is 14.1. The zero-order valence-corrected chi connectivity index (χ0v) is 14.7. The van der Waals surface area contributed by atoms with E-state index in [4.69, 9.17) is 0 Å². The summed E-state index contributed by atoms with van der Waals surface area (Å²) in [5, 5.41) is 2.98. The molecule has 0 aromatic heterocycles. The Kier molecular flexibility index (Phi) is 4.74. The van der Waals surface area contributed by atoms with Gasteiger partial charge in [0.2, 0.25) is 5.91 Å². The monoisotopic (exact) mass is 376 g/mol. The van der Waals surface area contributed by atoms with Gasteiger partial charge in [0, 0.05) is 27.4 Å². The first kappa shape index (κ1) is 15.4. The first-order chi connectivity index (χ1) is 10.6. The summed E-state index contributed by atoms with van der Waals surface area (Å²) in [5.41, 5.74) is 3.10. The second kappa shape index (κ2) is 6.75. The van der Waals surface area contributed by atoms with Crippen molar-refractivity contribution in [1.29, 1.82) is 0 Å². The first-order valence-electron chi connectivity index (χ1n) is 7.16. The minimum Gasteiger partial charge on any atom is -0.360 e. The Labute approximate surface area is 143 Å². The topological polar surface area (TPSA) is 32.3 Å². The summed E-state index contributed by atoms with van der Waals surface area (Å²) in [4.78, 5) is 15.7. The maximum atomic E-state index is 12.3. The molecule has 3 nitrogen and oxygen atoms in total. The molecule has 22 heavy (non-hydrogen) atoms. The minimum absolute atomic E-state index is 0.0171. The van der Waals surface area contributed by atoms with E-state index >= 15 is 0 Å². The Bertz CT molecular complexity index is 705. The van der Waals surface area contributed by atoms with Crippen molar-refractivity contribution in [2.45, 2.75) is 11.8 Å². The van der Waals surface area contributed by atoms with E-state index in [-0.39, 0.29) is 5.91 Å². The molecule has 5 heteroatoms. The number of para-hydroxylation sites is 1. The Balaban J connectivity index is 1.69. The van der Waals surface area contributed by atoms with Crippen LogP contribution in [0.2, 0.25) is 0 Å². The van der Waals surface area contributed by atoms with E-state index in [0.29, 0.717) is 6.54 Å². The molecule has 0 saturated carbocycles. The van der Waals surface area contributed by atoms with E-state index in [0.717, 1.165) is 33.7 Å². The van der Waals surface area contributed by atoms with Crippen LogP contribution in [-0.2, 0) is 4.79 Å². The third kappa shape index (κ3) is 3.47. The highest BCUT2D eigenvalue weighted by molar-refractivity contribution is 9.10. The smallest absolute Gasteiger partial charge is 0.243 e. The lowest BCUT2D eigenvalue weighted by atomic mass is 10.2.